The largest absolute Gasteiger partial charge is 0.489 e. The number of benzene rings is 3. The number of hydrogen-bond donors (Lipinski definition) is 0. The highest BCUT2D eigenvalue weighted by Gasteiger charge is 2.13. The van der Waals surface area contributed by atoms with Gasteiger partial charge in [0.05, 0.1) is 13.5 Å². The van der Waals surface area contributed by atoms with E-state index in [9.17, 15) is 4.79 Å². The number of aryl methyl sites for hydroxylation is 1. The highest BCUT2D eigenvalue weighted by atomic mass is 79.9. The van der Waals surface area contributed by atoms with Gasteiger partial charge in [-0.25, -0.2) is 4.98 Å². The molecule has 0 aliphatic rings. The third-order valence-corrected chi connectivity index (χ3v) is 5.68. The van der Waals surface area contributed by atoms with Gasteiger partial charge < -0.3 is 18.6 Å². The molecule has 0 unspecified atom stereocenters. The fourth-order valence-electron chi connectivity index (χ4n) is 3.32. The molecule has 0 saturated carbocycles. The topological polar surface area (TPSA) is 70.8 Å². The molecule has 0 fully saturated rings. The van der Waals surface area contributed by atoms with Crippen LogP contribution in [0.3, 0.4) is 0 Å². The van der Waals surface area contributed by atoms with Crippen molar-refractivity contribution in [3.63, 3.8) is 0 Å². The summed E-state index contributed by atoms with van der Waals surface area (Å²) in [6.07, 6.45) is 0.144. The molecule has 0 N–H and O–H groups in total. The summed E-state index contributed by atoms with van der Waals surface area (Å²) >= 11 is 3.43. The van der Waals surface area contributed by atoms with Gasteiger partial charge in [0.15, 0.2) is 0 Å². The van der Waals surface area contributed by atoms with Crippen molar-refractivity contribution in [1.29, 1.82) is 0 Å². The Balaban J connectivity index is 1.35. The average molecular weight is 522 g/mol. The number of carbonyl (C=O) groups is 1. The van der Waals surface area contributed by atoms with Crippen LogP contribution in [0.25, 0.3) is 11.5 Å². The van der Waals surface area contributed by atoms with Crippen LogP contribution < -0.4 is 9.47 Å². The second-order valence-electron chi connectivity index (χ2n) is 7.61. The lowest BCUT2D eigenvalue weighted by atomic mass is 10.1. The van der Waals surface area contributed by atoms with Crippen molar-refractivity contribution >= 4 is 21.9 Å². The summed E-state index contributed by atoms with van der Waals surface area (Å²) in [4.78, 5) is 16.3. The maximum Gasteiger partial charge on any atom is 0.310 e. The number of rotatable bonds is 9. The number of hydrogen-bond acceptors (Lipinski definition) is 6. The van der Waals surface area contributed by atoms with E-state index in [2.05, 4.69) is 20.9 Å². The molecule has 6 nitrogen and oxygen atoms in total. The summed E-state index contributed by atoms with van der Waals surface area (Å²) in [5.74, 6) is 2.37. The van der Waals surface area contributed by atoms with E-state index in [-0.39, 0.29) is 12.4 Å². The van der Waals surface area contributed by atoms with E-state index in [0.29, 0.717) is 24.9 Å². The first kappa shape index (κ1) is 23.6. The Morgan fingerprint density at radius 2 is 1.74 bits per heavy atom. The molecule has 0 atom stereocenters. The molecular weight excluding hydrogens is 498 g/mol. The molecule has 1 heterocycles. The van der Waals surface area contributed by atoms with E-state index in [4.69, 9.17) is 18.6 Å². The normalized spacial score (nSPS) is 10.7. The minimum absolute atomic E-state index is 0.144. The number of esters is 1. The Hall–Kier alpha value is -3.58. The van der Waals surface area contributed by atoms with E-state index in [1.807, 2.05) is 79.7 Å². The molecule has 0 spiro atoms. The summed E-state index contributed by atoms with van der Waals surface area (Å²) in [5, 5.41) is 0. The van der Waals surface area contributed by atoms with Crippen LogP contribution in [0.15, 0.2) is 81.7 Å². The van der Waals surface area contributed by atoms with Crippen LogP contribution in [0.1, 0.15) is 22.6 Å². The third-order valence-electron chi connectivity index (χ3n) is 5.19. The molecule has 3 aromatic carbocycles. The molecule has 7 heteroatoms. The molecule has 4 rings (SSSR count). The predicted molar refractivity (Wildman–Crippen MR) is 132 cm³/mol. The number of ether oxygens (including phenoxy) is 3. The number of methoxy groups -OCH3 is 1. The smallest absolute Gasteiger partial charge is 0.310 e. The van der Waals surface area contributed by atoms with Crippen molar-refractivity contribution in [3.8, 4) is 23.0 Å². The quantitative estimate of drug-likeness (QED) is 0.241. The first-order chi connectivity index (χ1) is 16.5. The van der Waals surface area contributed by atoms with Crippen LogP contribution in [0.2, 0.25) is 0 Å². The SMILES string of the molecule is COC(=O)Cc1cc(Br)ccc1OCc1ccc(OCc2nc(-c3ccccc3)oc2C)cc1. The van der Waals surface area contributed by atoms with Gasteiger partial charge in [0.2, 0.25) is 5.89 Å². The van der Waals surface area contributed by atoms with Crippen LogP contribution in [0.5, 0.6) is 11.5 Å². The van der Waals surface area contributed by atoms with Crippen LogP contribution in [-0.2, 0) is 29.2 Å². The zero-order valence-electron chi connectivity index (χ0n) is 18.9. The van der Waals surface area contributed by atoms with Crippen LogP contribution in [-0.4, -0.2) is 18.1 Å². The molecule has 0 bridgehead atoms. The van der Waals surface area contributed by atoms with Crippen molar-refractivity contribution in [2.24, 2.45) is 0 Å². The zero-order chi connectivity index (χ0) is 23.9. The van der Waals surface area contributed by atoms with Crippen LogP contribution in [0, 0.1) is 6.92 Å². The highest BCUT2D eigenvalue weighted by molar-refractivity contribution is 9.10. The summed E-state index contributed by atoms with van der Waals surface area (Å²) < 4.78 is 23.3. The van der Waals surface area contributed by atoms with Gasteiger partial charge in [-0.1, -0.05) is 46.3 Å². The molecular formula is C27H24BrNO5. The maximum absolute atomic E-state index is 11.7. The molecule has 0 amide bonds. The Bertz CT molecular complexity index is 1250. The minimum Gasteiger partial charge on any atom is -0.489 e. The number of oxazole rings is 1. The lowest BCUT2D eigenvalue weighted by Crippen LogP contribution is -2.07. The first-order valence-electron chi connectivity index (χ1n) is 10.7. The van der Waals surface area contributed by atoms with E-state index < -0.39 is 0 Å². The molecule has 4 aromatic rings. The van der Waals surface area contributed by atoms with Crippen LogP contribution >= 0.6 is 15.9 Å². The van der Waals surface area contributed by atoms with Crippen molar-refractivity contribution in [2.45, 2.75) is 26.6 Å². The van der Waals surface area contributed by atoms with Gasteiger partial charge >= 0.3 is 5.97 Å². The number of halogens is 1. The van der Waals surface area contributed by atoms with Crippen molar-refractivity contribution in [1.82, 2.24) is 4.98 Å². The first-order valence-corrected chi connectivity index (χ1v) is 11.5. The highest BCUT2D eigenvalue weighted by Crippen LogP contribution is 2.26. The molecule has 0 aliphatic carbocycles. The second-order valence-corrected chi connectivity index (χ2v) is 8.53. The lowest BCUT2D eigenvalue weighted by Gasteiger charge is -2.12. The number of carbonyl (C=O) groups excluding carboxylic acids is 1. The van der Waals surface area contributed by atoms with E-state index >= 15 is 0 Å². The van der Waals surface area contributed by atoms with Gasteiger partial charge in [-0.2, -0.15) is 0 Å². The van der Waals surface area contributed by atoms with Gasteiger partial charge in [0.1, 0.15) is 36.2 Å². The van der Waals surface area contributed by atoms with E-state index in [0.717, 1.165) is 38.4 Å². The predicted octanol–water partition coefficient (Wildman–Crippen LogP) is 6.29. The summed E-state index contributed by atoms with van der Waals surface area (Å²) in [6.45, 7) is 2.56. The fraction of sp³-hybridized carbons (Fsp3) is 0.185. The maximum atomic E-state index is 11.7. The fourth-order valence-corrected chi connectivity index (χ4v) is 3.72. The number of nitrogens with zero attached hydrogens (tertiary/aromatic N) is 1. The van der Waals surface area contributed by atoms with Crippen LogP contribution in [0.4, 0.5) is 0 Å². The Morgan fingerprint density at radius 3 is 2.47 bits per heavy atom. The van der Waals surface area contributed by atoms with Gasteiger partial charge in [0.25, 0.3) is 0 Å². The van der Waals surface area contributed by atoms with Crippen molar-refractivity contribution in [3.05, 3.63) is 99.9 Å². The lowest BCUT2D eigenvalue weighted by molar-refractivity contribution is -0.139. The van der Waals surface area contributed by atoms with Gasteiger partial charge in [-0.05, 0) is 55.0 Å². The molecule has 0 radical (unpaired) electrons. The van der Waals surface area contributed by atoms with Gasteiger partial charge in [-0.3, -0.25) is 4.79 Å². The van der Waals surface area contributed by atoms with E-state index in [1.54, 1.807) is 0 Å². The summed E-state index contributed by atoms with van der Waals surface area (Å²) in [5.41, 5.74) is 3.43. The average Bonchev–Trinajstić information content (AvgIpc) is 3.24. The molecule has 34 heavy (non-hydrogen) atoms. The van der Waals surface area contributed by atoms with Gasteiger partial charge in [-0.15, -0.1) is 0 Å². The number of aromatic nitrogens is 1. The molecule has 1 aromatic heterocycles. The Kier molecular flexibility index (Phi) is 7.65. The standard InChI is InChI=1S/C27H24BrNO5/c1-18-24(29-27(34-18)20-6-4-3-5-7-20)17-32-23-11-8-19(9-12-23)16-33-25-13-10-22(28)14-21(25)15-26(30)31-2/h3-14H,15-17H2,1-2H3. The second kappa shape index (κ2) is 11.0. The molecule has 0 aliphatic heterocycles. The molecule has 174 valence electrons. The van der Waals surface area contributed by atoms with E-state index in [1.165, 1.54) is 7.11 Å². The monoisotopic (exact) mass is 521 g/mol. The third kappa shape index (κ3) is 6.05. The Morgan fingerprint density at radius 1 is 0.971 bits per heavy atom. The summed E-state index contributed by atoms with van der Waals surface area (Å²) in [6, 6.07) is 23.0. The molecule has 0 saturated heterocycles. The van der Waals surface area contributed by atoms with Gasteiger partial charge in [0, 0.05) is 15.6 Å². The minimum atomic E-state index is -0.317. The van der Waals surface area contributed by atoms with Crippen molar-refractivity contribution in [2.75, 3.05) is 7.11 Å². The van der Waals surface area contributed by atoms with Crippen molar-refractivity contribution < 1.29 is 23.4 Å². The zero-order valence-corrected chi connectivity index (χ0v) is 20.5. The Labute approximate surface area is 206 Å². The summed E-state index contributed by atoms with van der Waals surface area (Å²) in [7, 11) is 1.37.